The molecule has 0 aromatic heterocycles. The molecule has 2 N–H and O–H groups in total. The lowest BCUT2D eigenvalue weighted by Crippen LogP contribution is -2.47. The Labute approximate surface area is 133 Å². The minimum atomic E-state index is -0.941. The molecule has 0 bridgehead atoms. The van der Waals surface area contributed by atoms with Crippen molar-refractivity contribution in [2.45, 2.75) is 19.1 Å². The molecule has 0 saturated heterocycles. The van der Waals surface area contributed by atoms with E-state index in [0.717, 1.165) is 5.56 Å². The van der Waals surface area contributed by atoms with Crippen molar-refractivity contribution in [3.05, 3.63) is 47.3 Å². The van der Waals surface area contributed by atoms with Gasteiger partial charge in [0.05, 0.1) is 12.2 Å². The molecule has 0 fully saturated rings. The molecule has 1 unspecified atom stereocenters. The number of hydrogen-bond acceptors (Lipinski definition) is 5. The Morgan fingerprint density at radius 3 is 2.87 bits per heavy atom. The summed E-state index contributed by atoms with van der Waals surface area (Å²) >= 11 is 0. The van der Waals surface area contributed by atoms with Gasteiger partial charge in [-0.2, -0.15) is 0 Å². The minimum absolute atomic E-state index is 0.177. The van der Waals surface area contributed by atoms with E-state index in [9.17, 15) is 9.59 Å². The number of benzene rings is 1. The van der Waals surface area contributed by atoms with E-state index in [-0.39, 0.29) is 13.0 Å². The largest absolute Gasteiger partial charge is 0.480 e. The number of carboxylic acids is 1. The Hall–Kier alpha value is -2.67. The summed E-state index contributed by atoms with van der Waals surface area (Å²) in [7, 11) is 0. The maximum atomic E-state index is 12.3. The highest BCUT2D eigenvalue weighted by atomic mass is 16.6. The van der Waals surface area contributed by atoms with E-state index < -0.39 is 18.1 Å². The fourth-order valence-electron chi connectivity index (χ4n) is 2.59. The monoisotopic (exact) mass is 315 g/mol. The number of rotatable bonds is 3. The number of hydrogen-bond donors (Lipinski definition) is 2. The number of carbonyl (C=O) groups is 2. The van der Waals surface area contributed by atoms with Gasteiger partial charge >= 0.3 is 12.1 Å². The molecule has 0 spiro atoms. The normalized spacial score (nSPS) is 20.2. The van der Waals surface area contributed by atoms with Crippen LogP contribution in [0.15, 0.2) is 46.7 Å². The van der Waals surface area contributed by atoms with Gasteiger partial charge in [-0.25, -0.2) is 4.79 Å². The summed E-state index contributed by atoms with van der Waals surface area (Å²) in [5, 5.41) is 12.0. The van der Waals surface area contributed by atoms with E-state index in [0.29, 0.717) is 24.5 Å². The molecule has 23 heavy (non-hydrogen) atoms. The third-order valence-corrected chi connectivity index (χ3v) is 3.81. The number of amides is 1. The molecule has 2 heterocycles. The highest BCUT2D eigenvalue weighted by molar-refractivity contribution is 5.79. The zero-order valence-electron chi connectivity index (χ0n) is 12.4. The Kier molecular flexibility index (Phi) is 4.38. The van der Waals surface area contributed by atoms with Crippen LogP contribution in [0.3, 0.4) is 0 Å². The van der Waals surface area contributed by atoms with Gasteiger partial charge in [-0.1, -0.05) is 30.3 Å². The number of carboxylic acid groups (broad SMARTS) is 1. The van der Waals surface area contributed by atoms with Crippen LogP contribution in [-0.2, 0) is 16.1 Å². The van der Waals surface area contributed by atoms with Gasteiger partial charge in [0.15, 0.2) is 0 Å². The van der Waals surface area contributed by atoms with E-state index in [1.807, 2.05) is 30.3 Å². The number of ether oxygens (including phenoxy) is 1. The molecule has 7 heteroatoms. The molecule has 1 aromatic rings. The lowest BCUT2D eigenvalue weighted by atomic mass is 10.0. The molecule has 7 nitrogen and oxygen atoms in total. The first-order valence-corrected chi connectivity index (χ1v) is 7.34. The molecule has 0 saturated carbocycles. The summed E-state index contributed by atoms with van der Waals surface area (Å²) < 4.78 is 5.34. The average Bonchev–Trinajstić information content (AvgIpc) is 2.59. The average molecular weight is 315 g/mol. The Morgan fingerprint density at radius 1 is 1.35 bits per heavy atom. The zero-order valence-corrected chi connectivity index (χ0v) is 12.4. The van der Waals surface area contributed by atoms with Crippen molar-refractivity contribution in [3.8, 4) is 0 Å². The molecule has 1 amide bonds. The molecule has 1 aromatic carbocycles. The SMILES string of the molecule is O=C(O)C1CC2=C(CN1)N=CCN2C(=O)OCc1ccccc1. The van der Waals surface area contributed by atoms with E-state index in [1.165, 1.54) is 4.90 Å². The van der Waals surface area contributed by atoms with Crippen molar-refractivity contribution in [2.75, 3.05) is 13.1 Å². The van der Waals surface area contributed by atoms with E-state index in [2.05, 4.69) is 10.3 Å². The first kappa shape index (κ1) is 15.2. The predicted molar refractivity (Wildman–Crippen MR) is 82.9 cm³/mol. The van der Waals surface area contributed by atoms with E-state index >= 15 is 0 Å². The van der Waals surface area contributed by atoms with Crippen LogP contribution in [0.5, 0.6) is 0 Å². The topological polar surface area (TPSA) is 91.2 Å². The lowest BCUT2D eigenvalue weighted by molar-refractivity contribution is -0.139. The molecule has 0 aliphatic carbocycles. The molecule has 0 radical (unpaired) electrons. The number of nitrogens with zero attached hydrogens (tertiary/aromatic N) is 2. The molecular weight excluding hydrogens is 298 g/mol. The van der Waals surface area contributed by atoms with Gasteiger partial charge < -0.3 is 9.84 Å². The number of nitrogens with one attached hydrogen (secondary N) is 1. The highest BCUT2D eigenvalue weighted by Crippen LogP contribution is 2.25. The molecular formula is C16H17N3O4. The molecule has 2 aliphatic rings. The Morgan fingerprint density at radius 2 is 2.13 bits per heavy atom. The van der Waals surface area contributed by atoms with Gasteiger partial charge in [-0.3, -0.25) is 20.0 Å². The van der Waals surface area contributed by atoms with Crippen molar-refractivity contribution in [1.82, 2.24) is 10.2 Å². The third kappa shape index (κ3) is 3.40. The fourth-order valence-corrected chi connectivity index (χ4v) is 2.59. The van der Waals surface area contributed by atoms with Gasteiger partial charge in [0.2, 0.25) is 0 Å². The zero-order chi connectivity index (χ0) is 16.2. The molecule has 1 atom stereocenters. The van der Waals surface area contributed by atoms with Crippen molar-refractivity contribution in [1.29, 1.82) is 0 Å². The first-order valence-electron chi connectivity index (χ1n) is 7.34. The van der Waals surface area contributed by atoms with Crippen LogP contribution in [0.1, 0.15) is 12.0 Å². The lowest BCUT2D eigenvalue weighted by Gasteiger charge is -2.33. The maximum Gasteiger partial charge on any atom is 0.414 e. The summed E-state index contributed by atoms with van der Waals surface area (Å²) in [5.41, 5.74) is 2.21. The fraction of sp³-hybridized carbons (Fsp3) is 0.312. The molecule has 3 rings (SSSR count). The van der Waals surface area contributed by atoms with Crippen molar-refractivity contribution in [2.24, 2.45) is 4.99 Å². The smallest absolute Gasteiger partial charge is 0.414 e. The standard InChI is InChI=1S/C16H17N3O4/c20-15(21)12-8-14-13(9-18-12)17-6-7-19(14)16(22)23-10-11-4-2-1-3-5-11/h1-6,12,18H,7-10H2,(H,20,21). The van der Waals surface area contributed by atoms with Crippen molar-refractivity contribution in [3.63, 3.8) is 0 Å². The van der Waals surface area contributed by atoms with Crippen LogP contribution < -0.4 is 5.32 Å². The van der Waals surface area contributed by atoms with Crippen LogP contribution in [0.25, 0.3) is 0 Å². The van der Waals surface area contributed by atoms with Gasteiger partial charge in [0, 0.05) is 24.9 Å². The van der Waals surface area contributed by atoms with E-state index in [1.54, 1.807) is 6.21 Å². The summed E-state index contributed by atoms with van der Waals surface area (Å²) in [6.45, 7) is 0.792. The van der Waals surface area contributed by atoms with Crippen LogP contribution in [0, 0.1) is 0 Å². The number of aliphatic carboxylic acids is 1. The highest BCUT2D eigenvalue weighted by Gasteiger charge is 2.32. The first-order chi connectivity index (χ1) is 11.1. The van der Waals surface area contributed by atoms with Crippen LogP contribution in [0.2, 0.25) is 0 Å². The number of carbonyl (C=O) groups excluding carboxylic acids is 1. The van der Waals surface area contributed by atoms with Gasteiger partial charge in [-0.05, 0) is 5.56 Å². The second-order valence-electron chi connectivity index (χ2n) is 5.33. The Bertz CT molecular complexity index is 669. The maximum absolute atomic E-state index is 12.3. The quantitative estimate of drug-likeness (QED) is 0.879. The van der Waals surface area contributed by atoms with Crippen LogP contribution in [-0.4, -0.2) is 47.4 Å². The second-order valence-corrected chi connectivity index (χ2v) is 5.33. The van der Waals surface area contributed by atoms with Crippen molar-refractivity contribution >= 4 is 18.3 Å². The van der Waals surface area contributed by atoms with Gasteiger partial charge in [-0.15, -0.1) is 0 Å². The van der Waals surface area contributed by atoms with Gasteiger partial charge in [0.1, 0.15) is 12.6 Å². The minimum Gasteiger partial charge on any atom is -0.480 e. The van der Waals surface area contributed by atoms with Gasteiger partial charge in [0.25, 0.3) is 0 Å². The summed E-state index contributed by atoms with van der Waals surface area (Å²) in [6, 6.07) is 8.68. The van der Waals surface area contributed by atoms with E-state index in [4.69, 9.17) is 9.84 Å². The Balaban J connectivity index is 1.69. The van der Waals surface area contributed by atoms with Crippen molar-refractivity contribution < 1.29 is 19.4 Å². The molecule has 120 valence electrons. The van der Waals surface area contributed by atoms with Crippen LogP contribution in [0.4, 0.5) is 4.79 Å². The summed E-state index contributed by atoms with van der Waals surface area (Å²) in [4.78, 5) is 29.2. The third-order valence-electron chi connectivity index (χ3n) is 3.81. The summed E-state index contributed by atoms with van der Waals surface area (Å²) in [6.07, 6.45) is 1.35. The van der Waals surface area contributed by atoms with Crippen LogP contribution >= 0.6 is 0 Å². The number of aliphatic imine (C=N–C) groups is 1. The molecule has 2 aliphatic heterocycles. The summed E-state index contributed by atoms with van der Waals surface area (Å²) in [5.74, 6) is -0.941. The second kappa shape index (κ2) is 6.62. The predicted octanol–water partition coefficient (Wildman–Crippen LogP) is 1.37.